The van der Waals surface area contributed by atoms with Gasteiger partial charge in [0.15, 0.2) is 0 Å². The summed E-state index contributed by atoms with van der Waals surface area (Å²) in [6.07, 6.45) is 5.63. The number of hydrogen-bond donors (Lipinski definition) is 3. The number of aliphatic hydroxyl groups is 1. The molecule has 2 rings (SSSR count). The topological polar surface area (TPSA) is 70.1 Å². The summed E-state index contributed by atoms with van der Waals surface area (Å²) < 4.78 is 0. The Morgan fingerprint density at radius 1 is 1.28 bits per heavy atom. The highest BCUT2D eigenvalue weighted by Gasteiger charge is 2.24. The number of nitrogens with one attached hydrogen (secondary N) is 2. The number of aliphatic hydroxyl groups excluding tert-OH is 1. The van der Waals surface area contributed by atoms with Gasteiger partial charge in [-0.25, -0.2) is 9.97 Å². The van der Waals surface area contributed by atoms with Crippen LogP contribution in [0.4, 0.5) is 11.6 Å². The van der Waals surface area contributed by atoms with Crippen LogP contribution in [0.25, 0.3) is 0 Å². The minimum absolute atomic E-state index is 0.156. The van der Waals surface area contributed by atoms with E-state index in [1.807, 2.05) is 6.07 Å². The molecule has 0 amide bonds. The fourth-order valence-electron chi connectivity index (χ4n) is 2.29. The largest absolute Gasteiger partial charge is 0.393 e. The standard InChI is InChI=1S/C13H22N4O/c1-2-6-14-12-7-13(17-9-16-12)15-8-10-4-3-5-11(10)18/h7,9-11,18H,2-6,8H2,1H3,(H2,14,15,16,17). The lowest BCUT2D eigenvalue weighted by atomic mass is 10.1. The summed E-state index contributed by atoms with van der Waals surface area (Å²) in [6, 6.07) is 1.91. The number of aromatic nitrogens is 2. The number of nitrogens with zero attached hydrogens (tertiary/aromatic N) is 2. The maximum Gasteiger partial charge on any atom is 0.131 e. The lowest BCUT2D eigenvalue weighted by Gasteiger charge is -2.15. The SMILES string of the molecule is CCCNc1cc(NCC2CCCC2O)ncn1. The fraction of sp³-hybridized carbons (Fsp3) is 0.692. The monoisotopic (exact) mass is 250 g/mol. The molecule has 1 aliphatic carbocycles. The van der Waals surface area contributed by atoms with Gasteiger partial charge in [-0.1, -0.05) is 13.3 Å². The Bertz CT molecular complexity index is 372. The Hall–Kier alpha value is -1.36. The van der Waals surface area contributed by atoms with Crippen LogP contribution in [0.15, 0.2) is 12.4 Å². The molecule has 0 saturated heterocycles. The molecular formula is C13H22N4O. The van der Waals surface area contributed by atoms with Gasteiger partial charge in [0.1, 0.15) is 18.0 Å². The van der Waals surface area contributed by atoms with Crippen molar-refractivity contribution in [2.45, 2.75) is 38.7 Å². The average Bonchev–Trinajstić information content (AvgIpc) is 2.80. The lowest BCUT2D eigenvalue weighted by Crippen LogP contribution is -2.22. The molecule has 2 unspecified atom stereocenters. The van der Waals surface area contributed by atoms with Gasteiger partial charge in [0, 0.05) is 25.1 Å². The predicted octanol–water partition coefficient (Wildman–Crippen LogP) is 1.87. The Balaban J connectivity index is 1.84. The van der Waals surface area contributed by atoms with Crippen molar-refractivity contribution >= 4 is 11.6 Å². The van der Waals surface area contributed by atoms with Gasteiger partial charge in [-0.05, 0) is 19.3 Å². The summed E-state index contributed by atoms with van der Waals surface area (Å²) in [5.74, 6) is 2.02. The lowest BCUT2D eigenvalue weighted by molar-refractivity contribution is 0.138. The molecule has 1 fully saturated rings. The van der Waals surface area contributed by atoms with E-state index in [1.165, 1.54) is 0 Å². The van der Waals surface area contributed by atoms with Crippen LogP contribution in [0.5, 0.6) is 0 Å². The van der Waals surface area contributed by atoms with E-state index in [0.29, 0.717) is 5.92 Å². The Kier molecular flexibility index (Phi) is 4.75. The zero-order valence-electron chi connectivity index (χ0n) is 10.9. The van der Waals surface area contributed by atoms with Gasteiger partial charge in [-0.3, -0.25) is 0 Å². The van der Waals surface area contributed by atoms with Gasteiger partial charge in [0.2, 0.25) is 0 Å². The third-order valence-corrected chi connectivity index (χ3v) is 3.39. The van der Waals surface area contributed by atoms with Gasteiger partial charge < -0.3 is 15.7 Å². The highest BCUT2D eigenvalue weighted by atomic mass is 16.3. The molecule has 1 aromatic rings. The van der Waals surface area contributed by atoms with Gasteiger partial charge in [-0.2, -0.15) is 0 Å². The Morgan fingerprint density at radius 3 is 2.72 bits per heavy atom. The molecule has 5 nitrogen and oxygen atoms in total. The molecule has 0 aromatic carbocycles. The molecule has 3 N–H and O–H groups in total. The molecular weight excluding hydrogens is 228 g/mol. The second-order valence-electron chi connectivity index (χ2n) is 4.85. The van der Waals surface area contributed by atoms with Crippen LogP contribution in [0.1, 0.15) is 32.6 Å². The van der Waals surface area contributed by atoms with E-state index >= 15 is 0 Å². The van der Waals surface area contributed by atoms with Crippen molar-refractivity contribution in [1.82, 2.24) is 9.97 Å². The Morgan fingerprint density at radius 2 is 2.06 bits per heavy atom. The maximum atomic E-state index is 9.75. The minimum atomic E-state index is -0.156. The Labute approximate surface area is 108 Å². The summed E-state index contributed by atoms with van der Waals surface area (Å²) in [7, 11) is 0. The summed E-state index contributed by atoms with van der Waals surface area (Å²) >= 11 is 0. The molecule has 1 heterocycles. The summed E-state index contributed by atoms with van der Waals surface area (Å²) in [6.45, 7) is 3.82. The molecule has 1 saturated carbocycles. The first kappa shape index (κ1) is 13.1. The summed E-state index contributed by atoms with van der Waals surface area (Å²) in [4.78, 5) is 8.35. The smallest absolute Gasteiger partial charge is 0.131 e. The van der Waals surface area contributed by atoms with Crippen molar-refractivity contribution in [3.05, 3.63) is 12.4 Å². The van der Waals surface area contributed by atoms with Crippen molar-refractivity contribution in [3.63, 3.8) is 0 Å². The highest BCUT2D eigenvalue weighted by molar-refractivity contribution is 5.46. The van der Waals surface area contributed by atoms with E-state index in [4.69, 9.17) is 0 Å². The third-order valence-electron chi connectivity index (χ3n) is 3.39. The normalized spacial score (nSPS) is 23.0. The molecule has 100 valence electrons. The van der Waals surface area contributed by atoms with E-state index in [2.05, 4.69) is 27.5 Å². The van der Waals surface area contributed by atoms with E-state index in [-0.39, 0.29) is 6.10 Å². The van der Waals surface area contributed by atoms with Crippen LogP contribution in [0, 0.1) is 5.92 Å². The van der Waals surface area contributed by atoms with E-state index < -0.39 is 0 Å². The average molecular weight is 250 g/mol. The number of rotatable bonds is 6. The molecule has 18 heavy (non-hydrogen) atoms. The molecule has 1 aliphatic rings. The predicted molar refractivity (Wildman–Crippen MR) is 72.7 cm³/mol. The van der Waals surface area contributed by atoms with Crippen LogP contribution in [0.2, 0.25) is 0 Å². The molecule has 0 spiro atoms. The van der Waals surface area contributed by atoms with Crippen molar-refractivity contribution in [1.29, 1.82) is 0 Å². The second kappa shape index (κ2) is 6.54. The molecule has 0 aliphatic heterocycles. The molecule has 0 bridgehead atoms. The van der Waals surface area contributed by atoms with Gasteiger partial charge in [-0.15, -0.1) is 0 Å². The fourth-order valence-corrected chi connectivity index (χ4v) is 2.29. The minimum Gasteiger partial charge on any atom is -0.393 e. The van der Waals surface area contributed by atoms with Gasteiger partial charge in [0.05, 0.1) is 6.10 Å². The van der Waals surface area contributed by atoms with Crippen molar-refractivity contribution in [2.75, 3.05) is 23.7 Å². The first-order valence-corrected chi connectivity index (χ1v) is 6.77. The van der Waals surface area contributed by atoms with Crippen LogP contribution in [-0.4, -0.2) is 34.3 Å². The van der Waals surface area contributed by atoms with Gasteiger partial charge >= 0.3 is 0 Å². The van der Waals surface area contributed by atoms with Gasteiger partial charge in [0.25, 0.3) is 0 Å². The number of anilines is 2. The van der Waals surface area contributed by atoms with Crippen LogP contribution in [-0.2, 0) is 0 Å². The van der Waals surface area contributed by atoms with Crippen LogP contribution in [0.3, 0.4) is 0 Å². The first-order valence-electron chi connectivity index (χ1n) is 6.77. The molecule has 0 radical (unpaired) electrons. The van der Waals surface area contributed by atoms with E-state index in [9.17, 15) is 5.11 Å². The van der Waals surface area contributed by atoms with Crippen LogP contribution >= 0.6 is 0 Å². The van der Waals surface area contributed by atoms with E-state index in [1.54, 1.807) is 6.33 Å². The highest BCUT2D eigenvalue weighted by Crippen LogP contribution is 2.25. The second-order valence-corrected chi connectivity index (χ2v) is 4.85. The molecule has 1 aromatic heterocycles. The quantitative estimate of drug-likeness (QED) is 0.719. The molecule has 2 atom stereocenters. The summed E-state index contributed by atoms with van der Waals surface area (Å²) in [5, 5.41) is 16.3. The molecule has 5 heteroatoms. The number of hydrogen-bond acceptors (Lipinski definition) is 5. The van der Waals surface area contributed by atoms with E-state index in [0.717, 1.165) is 50.4 Å². The van der Waals surface area contributed by atoms with Crippen molar-refractivity contribution in [3.8, 4) is 0 Å². The van der Waals surface area contributed by atoms with Crippen LogP contribution < -0.4 is 10.6 Å². The maximum absolute atomic E-state index is 9.75. The summed E-state index contributed by atoms with van der Waals surface area (Å²) in [5.41, 5.74) is 0. The van der Waals surface area contributed by atoms with Crippen molar-refractivity contribution < 1.29 is 5.11 Å². The zero-order valence-corrected chi connectivity index (χ0v) is 10.9. The third kappa shape index (κ3) is 3.57. The first-order chi connectivity index (χ1) is 8.79. The van der Waals surface area contributed by atoms with Crippen molar-refractivity contribution in [2.24, 2.45) is 5.92 Å². The zero-order chi connectivity index (χ0) is 12.8.